The number of hydrogen-bond acceptors (Lipinski definition) is 6. The van der Waals surface area contributed by atoms with Crippen LogP contribution in [0.15, 0.2) is 28.9 Å². The van der Waals surface area contributed by atoms with Gasteiger partial charge < -0.3 is 14.5 Å². The van der Waals surface area contributed by atoms with Gasteiger partial charge in [-0.3, -0.25) is 14.6 Å². The topological polar surface area (TPSA) is 70.8 Å². The van der Waals surface area contributed by atoms with Gasteiger partial charge in [0.2, 0.25) is 5.89 Å². The van der Waals surface area contributed by atoms with E-state index in [2.05, 4.69) is 15.2 Å². The monoisotopic (exact) mass is 422 g/mol. The van der Waals surface area contributed by atoms with Crippen LogP contribution in [0.5, 0.6) is 0 Å². The number of halogens is 2. The summed E-state index contributed by atoms with van der Waals surface area (Å²) >= 11 is 0. The van der Waals surface area contributed by atoms with E-state index in [1.807, 2.05) is 18.7 Å². The predicted octanol–water partition coefficient (Wildman–Crippen LogP) is 2.43. The summed E-state index contributed by atoms with van der Waals surface area (Å²) in [4.78, 5) is 20.7. The standard InChI is InChI=1S/C21H28F2N4O3/c1-15(2)27(12-16-3-4-17(22)11-18(16)23)13-20-25-19(14-30-20)21(28)24-5-6-26-7-9-29-10-8-26/h3-4,11,14-15H,5-10,12-13H2,1-2H3,(H,24,28). The fraction of sp³-hybridized carbons (Fsp3) is 0.524. The molecule has 9 heteroatoms. The van der Waals surface area contributed by atoms with Crippen LogP contribution in [0.1, 0.15) is 35.8 Å². The summed E-state index contributed by atoms with van der Waals surface area (Å²) in [6, 6.07) is 3.61. The van der Waals surface area contributed by atoms with Crippen molar-refractivity contribution < 1.29 is 22.7 Å². The van der Waals surface area contributed by atoms with Crippen molar-refractivity contribution in [3.63, 3.8) is 0 Å². The molecule has 0 spiro atoms. The maximum absolute atomic E-state index is 14.0. The maximum Gasteiger partial charge on any atom is 0.273 e. The molecule has 30 heavy (non-hydrogen) atoms. The molecule has 1 aliphatic heterocycles. The molecule has 0 unspecified atom stereocenters. The average Bonchev–Trinajstić information content (AvgIpc) is 3.19. The number of morpholine rings is 1. The van der Waals surface area contributed by atoms with Crippen LogP contribution < -0.4 is 5.32 Å². The first-order chi connectivity index (χ1) is 14.4. The molecule has 2 heterocycles. The molecule has 0 atom stereocenters. The zero-order chi connectivity index (χ0) is 21.5. The molecular formula is C21H28F2N4O3. The Morgan fingerprint density at radius 2 is 2.03 bits per heavy atom. The van der Waals surface area contributed by atoms with E-state index in [4.69, 9.17) is 9.15 Å². The van der Waals surface area contributed by atoms with E-state index in [1.54, 1.807) is 0 Å². The van der Waals surface area contributed by atoms with Crippen LogP contribution in [0.2, 0.25) is 0 Å². The number of nitrogens with zero attached hydrogens (tertiary/aromatic N) is 3. The van der Waals surface area contributed by atoms with Crippen molar-refractivity contribution in [3.8, 4) is 0 Å². The highest BCUT2D eigenvalue weighted by molar-refractivity contribution is 5.91. The molecule has 2 aromatic rings. The second-order valence-electron chi connectivity index (χ2n) is 7.57. The SMILES string of the molecule is CC(C)N(Cc1nc(C(=O)NCCN2CCOCC2)co1)Cc1ccc(F)cc1F. The number of hydrogen-bond donors (Lipinski definition) is 1. The van der Waals surface area contributed by atoms with Crippen LogP contribution in [0.4, 0.5) is 8.78 Å². The van der Waals surface area contributed by atoms with Gasteiger partial charge in [-0.25, -0.2) is 13.8 Å². The van der Waals surface area contributed by atoms with Crippen molar-refractivity contribution in [2.75, 3.05) is 39.4 Å². The highest BCUT2D eigenvalue weighted by Crippen LogP contribution is 2.16. The van der Waals surface area contributed by atoms with Gasteiger partial charge in [0.25, 0.3) is 5.91 Å². The van der Waals surface area contributed by atoms with Gasteiger partial charge in [-0.2, -0.15) is 0 Å². The van der Waals surface area contributed by atoms with E-state index >= 15 is 0 Å². The Morgan fingerprint density at radius 1 is 1.27 bits per heavy atom. The quantitative estimate of drug-likeness (QED) is 0.669. The summed E-state index contributed by atoms with van der Waals surface area (Å²) in [5, 5.41) is 2.85. The summed E-state index contributed by atoms with van der Waals surface area (Å²) in [7, 11) is 0. The molecule has 0 aliphatic carbocycles. The van der Waals surface area contributed by atoms with E-state index in [0.717, 1.165) is 38.9 Å². The van der Waals surface area contributed by atoms with Gasteiger partial charge >= 0.3 is 0 Å². The summed E-state index contributed by atoms with van der Waals surface area (Å²) in [6.07, 6.45) is 1.33. The van der Waals surface area contributed by atoms with Gasteiger partial charge in [0, 0.05) is 50.4 Å². The second kappa shape index (κ2) is 10.6. The van der Waals surface area contributed by atoms with E-state index < -0.39 is 11.6 Å². The molecule has 164 valence electrons. The molecule has 1 aromatic heterocycles. The third kappa shape index (κ3) is 6.32. The zero-order valence-electron chi connectivity index (χ0n) is 17.4. The molecule has 0 radical (unpaired) electrons. The van der Waals surface area contributed by atoms with Crippen molar-refractivity contribution in [3.05, 3.63) is 53.2 Å². The molecule has 3 rings (SSSR count). The number of amides is 1. The average molecular weight is 422 g/mol. The van der Waals surface area contributed by atoms with Crippen LogP contribution in [-0.2, 0) is 17.8 Å². The Morgan fingerprint density at radius 3 is 2.73 bits per heavy atom. The number of nitrogens with one attached hydrogen (secondary N) is 1. The van der Waals surface area contributed by atoms with Crippen LogP contribution in [0, 0.1) is 11.6 Å². The fourth-order valence-corrected chi connectivity index (χ4v) is 3.19. The number of rotatable bonds is 9. The molecule has 0 saturated carbocycles. The highest BCUT2D eigenvalue weighted by Gasteiger charge is 2.19. The van der Waals surface area contributed by atoms with Gasteiger partial charge in [-0.05, 0) is 19.9 Å². The smallest absolute Gasteiger partial charge is 0.273 e. The van der Waals surface area contributed by atoms with Crippen LogP contribution >= 0.6 is 0 Å². The minimum absolute atomic E-state index is 0.0622. The molecule has 1 amide bonds. The van der Waals surface area contributed by atoms with Gasteiger partial charge in [-0.1, -0.05) is 6.07 Å². The second-order valence-corrected chi connectivity index (χ2v) is 7.57. The summed E-state index contributed by atoms with van der Waals surface area (Å²) in [5.74, 6) is -1.12. The summed E-state index contributed by atoms with van der Waals surface area (Å²) in [5.41, 5.74) is 0.599. The Hall–Kier alpha value is -2.36. The first-order valence-electron chi connectivity index (χ1n) is 10.1. The van der Waals surface area contributed by atoms with E-state index in [9.17, 15) is 13.6 Å². The fourth-order valence-electron chi connectivity index (χ4n) is 3.19. The normalized spacial score (nSPS) is 15.1. The molecule has 0 bridgehead atoms. The third-order valence-electron chi connectivity index (χ3n) is 5.06. The lowest BCUT2D eigenvalue weighted by atomic mass is 10.1. The predicted molar refractivity (Wildman–Crippen MR) is 107 cm³/mol. The Kier molecular flexibility index (Phi) is 7.89. The largest absolute Gasteiger partial charge is 0.447 e. The molecular weight excluding hydrogens is 394 g/mol. The maximum atomic E-state index is 14.0. The Balaban J connectivity index is 1.53. The van der Waals surface area contributed by atoms with E-state index in [1.165, 1.54) is 18.4 Å². The lowest BCUT2D eigenvalue weighted by Gasteiger charge is -2.26. The lowest BCUT2D eigenvalue weighted by molar-refractivity contribution is 0.0383. The Labute approximate surface area is 175 Å². The van der Waals surface area contributed by atoms with Gasteiger partial charge in [0.1, 0.15) is 17.9 Å². The van der Waals surface area contributed by atoms with E-state index in [0.29, 0.717) is 24.5 Å². The number of oxazole rings is 1. The molecule has 1 N–H and O–H groups in total. The van der Waals surface area contributed by atoms with Gasteiger partial charge in [-0.15, -0.1) is 0 Å². The van der Waals surface area contributed by atoms with Gasteiger partial charge in [0.15, 0.2) is 5.69 Å². The van der Waals surface area contributed by atoms with Crippen LogP contribution in [0.3, 0.4) is 0 Å². The molecule has 1 aliphatic rings. The molecule has 1 fully saturated rings. The van der Waals surface area contributed by atoms with Crippen molar-refractivity contribution in [1.29, 1.82) is 0 Å². The molecule has 1 saturated heterocycles. The number of carbonyl (C=O) groups excluding carboxylic acids is 1. The minimum Gasteiger partial charge on any atom is -0.447 e. The third-order valence-corrected chi connectivity index (χ3v) is 5.06. The molecule has 1 aromatic carbocycles. The number of carbonyl (C=O) groups is 1. The van der Waals surface area contributed by atoms with Crippen LogP contribution in [-0.4, -0.2) is 66.1 Å². The van der Waals surface area contributed by atoms with Gasteiger partial charge in [0.05, 0.1) is 19.8 Å². The highest BCUT2D eigenvalue weighted by atomic mass is 19.1. The number of benzene rings is 1. The van der Waals surface area contributed by atoms with Crippen molar-refractivity contribution in [2.24, 2.45) is 0 Å². The zero-order valence-corrected chi connectivity index (χ0v) is 17.4. The van der Waals surface area contributed by atoms with Crippen molar-refractivity contribution in [2.45, 2.75) is 33.0 Å². The lowest BCUT2D eigenvalue weighted by Crippen LogP contribution is -2.41. The first-order valence-corrected chi connectivity index (χ1v) is 10.1. The summed E-state index contributed by atoms with van der Waals surface area (Å²) in [6.45, 7) is 8.93. The number of aromatic nitrogens is 1. The van der Waals surface area contributed by atoms with Crippen molar-refractivity contribution >= 4 is 5.91 Å². The summed E-state index contributed by atoms with van der Waals surface area (Å²) < 4.78 is 37.9. The molecule has 7 nitrogen and oxygen atoms in total. The minimum atomic E-state index is -0.607. The van der Waals surface area contributed by atoms with E-state index in [-0.39, 0.29) is 24.2 Å². The Bertz CT molecular complexity index is 837. The first kappa shape index (κ1) is 22.3. The van der Waals surface area contributed by atoms with Crippen molar-refractivity contribution in [1.82, 2.24) is 20.1 Å². The van der Waals surface area contributed by atoms with Crippen LogP contribution in [0.25, 0.3) is 0 Å². The number of ether oxygens (including phenoxy) is 1.